The molecule has 1 unspecified atom stereocenters. The maximum atomic E-state index is 12.3. The van der Waals surface area contributed by atoms with Crippen molar-refractivity contribution in [3.8, 4) is 22.8 Å². The number of nitrogen functional groups attached to an aromatic ring is 1. The number of amides is 2. The first kappa shape index (κ1) is 28.4. The van der Waals surface area contributed by atoms with Crippen LogP contribution in [0.2, 0.25) is 0 Å². The van der Waals surface area contributed by atoms with Gasteiger partial charge in [0.2, 0.25) is 11.8 Å². The molecule has 2 aliphatic heterocycles. The minimum atomic E-state index is -0.458. The van der Waals surface area contributed by atoms with Crippen LogP contribution in [0.25, 0.3) is 22.3 Å². The second-order valence-corrected chi connectivity index (χ2v) is 11.4. The molecule has 45 heavy (non-hydrogen) atoms. The number of ether oxygens (including phenoxy) is 1. The molecule has 3 aromatic heterocycles. The van der Waals surface area contributed by atoms with Crippen LogP contribution in [0.1, 0.15) is 37.3 Å². The second-order valence-electron chi connectivity index (χ2n) is 11.4. The predicted molar refractivity (Wildman–Crippen MR) is 169 cm³/mol. The molecule has 2 fully saturated rings. The van der Waals surface area contributed by atoms with E-state index in [1.54, 1.807) is 12.4 Å². The lowest BCUT2D eigenvalue weighted by atomic mass is 10.0. The van der Waals surface area contributed by atoms with E-state index >= 15 is 0 Å². The van der Waals surface area contributed by atoms with Gasteiger partial charge >= 0.3 is 0 Å². The van der Waals surface area contributed by atoms with E-state index in [0.717, 1.165) is 71.0 Å². The zero-order valence-electron chi connectivity index (χ0n) is 24.6. The molecular weight excluding hydrogens is 570 g/mol. The van der Waals surface area contributed by atoms with Crippen molar-refractivity contribution in [1.29, 1.82) is 0 Å². The Kier molecular flexibility index (Phi) is 7.78. The Labute approximate surface area is 259 Å². The summed E-state index contributed by atoms with van der Waals surface area (Å²) in [5.41, 5.74) is 10.6. The average Bonchev–Trinajstić information content (AvgIpc) is 3.45. The average molecular weight is 604 g/mol. The molecule has 0 spiro atoms. The summed E-state index contributed by atoms with van der Waals surface area (Å²) in [6.07, 6.45) is 7.54. The van der Waals surface area contributed by atoms with Crippen LogP contribution in [0.3, 0.4) is 0 Å². The number of aromatic nitrogens is 5. The molecule has 0 bridgehead atoms. The van der Waals surface area contributed by atoms with Crippen molar-refractivity contribution in [2.24, 2.45) is 0 Å². The minimum Gasteiger partial charge on any atom is -0.457 e. The van der Waals surface area contributed by atoms with E-state index in [9.17, 15) is 9.59 Å². The van der Waals surface area contributed by atoms with Crippen molar-refractivity contribution in [3.05, 3.63) is 84.9 Å². The summed E-state index contributed by atoms with van der Waals surface area (Å²) < 4.78 is 7.98. The molecule has 2 aliphatic rings. The number of para-hydroxylation sites is 1. The first-order valence-electron chi connectivity index (χ1n) is 15.1. The monoisotopic (exact) mass is 603 g/mol. The fraction of sp³-hybridized carbons (Fsp3) is 0.273. The summed E-state index contributed by atoms with van der Waals surface area (Å²) in [5.74, 6) is 1.38. The number of nitrogens with one attached hydrogen (secondary N) is 2. The summed E-state index contributed by atoms with van der Waals surface area (Å²) in [6, 6.07) is 19.1. The highest BCUT2D eigenvalue weighted by atomic mass is 16.5. The van der Waals surface area contributed by atoms with Gasteiger partial charge in [0.25, 0.3) is 0 Å². The normalized spacial score (nSPS) is 17.7. The number of fused-ring (bicyclic) bond motifs is 1. The highest BCUT2D eigenvalue weighted by Gasteiger charge is 2.29. The number of pyridine rings is 1. The molecule has 4 N–H and O–H groups in total. The highest BCUT2D eigenvalue weighted by Crippen LogP contribution is 2.35. The number of likely N-dealkylation sites (tertiary alicyclic amines) is 1. The number of hydrogen-bond donors (Lipinski definition) is 3. The maximum Gasteiger partial charge on any atom is 0.249 e. The topological polar surface area (TPSA) is 153 Å². The van der Waals surface area contributed by atoms with Gasteiger partial charge < -0.3 is 15.8 Å². The Balaban J connectivity index is 1.06. The number of carbonyl (C=O) groups excluding carboxylic acids is 2. The van der Waals surface area contributed by atoms with Crippen LogP contribution in [0, 0.1) is 0 Å². The molecule has 2 aromatic carbocycles. The van der Waals surface area contributed by atoms with Gasteiger partial charge in [-0.25, -0.2) is 14.6 Å². The number of nitrogens with zero attached hydrogens (tertiary/aromatic N) is 6. The number of hydrogen-bond acceptors (Lipinski definition) is 10. The number of piperidine rings is 2. The van der Waals surface area contributed by atoms with E-state index in [-0.39, 0.29) is 17.9 Å². The summed E-state index contributed by atoms with van der Waals surface area (Å²) in [5, 5.41) is 11.5. The highest BCUT2D eigenvalue weighted by molar-refractivity contribution is 6.01. The molecule has 12 heteroatoms. The van der Waals surface area contributed by atoms with Gasteiger partial charge in [-0.05, 0) is 67.3 Å². The lowest BCUT2D eigenvalue weighted by molar-refractivity contribution is -0.133. The van der Waals surface area contributed by atoms with Crippen molar-refractivity contribution >= 4 is 34.4 Å². The van der Waals surface area contributed by atoms with E-state index in [4.69, 9.17) is 15.6 Å². The number of anilines is 2. The third-order valence-electron chi connectivity index (χ3n) is 8.40. The van der Waals surface area contributed by atoms with E-state index in [0.29, 0.717) is 25.2 Å². The fourth-order valence-electron chi connectivity index (χ4n) is 6.03. The van der Waals surface area contributed by atoms with Crippen LogP contribution in [-0.4, -0.2) is 60.6 Å². The van der Waals surface area contributed by atoms with Crippen molar-refractivity contribution in [3.63, 3.8) is 0 Å². The van der Waals surface area contributed by atoms with Crippen molar-refractivity contribution in [2.75, 3.05) is 24.1 Å². The molecule has 2 saturated heterocycles. The quantitative estimate of drug-likeness (QED) is 0.219. The molecule has 0 saturated carbocycles. The molecular formula is C33H33N9O3. The molecule has 7 rings (SSSR count). The van der Waals surface area contributed by atoms with Gasteiger partial charge in [-0.3, -0.25) is 24.8 Å². The van der Waals surface area contributed by atoms with Crippen LogP contribution in [-0.2, 0) is 16.1 Å². The van der Waals surface area contributed by atoms with E-state index < -0.39 is 6.04 Å². The minimum absolute atomic E-state index is 0.144. The van der Waals surface area contributed by atoms with Crippen molar-refractivity contribution in [2.45, 2.75) is 44.3 Å². The predicted octanol–water partition coefficient (Wildman–Crippen LogP) is 4.32. The van der Waals surface area contributed by atoms with Gasteiger partial charge in [-0.15, -0.1) is 0 Å². The van der Waals surface area contributed by atoms with E-state index in [1.165, 1.54) is 6.33 Å². The molecule has 5 aromatic rings. The van der Waals surface area contributed by atoms with Gasteiger partial charge in [0, 0.05) is 37.8 Å². The second kappa shape index (κ2) is 12.3. The number of benzene rings is 2. The van der Waals surface area contributed by atoms with E-state index in [2.05, 4.69) is 30.5 Å². The first-order chi connectivity index (χ1) is 22.0. The van der Waals surface area contributed by atoms with Crippen molar-refractivity contribution in [1.82, 2.24) is 34.9 Å². The van der Waals surface area contributed by atoms with Gasteiger partial charge in [0.1, 0.15) is 35.4 Å². The Morgan fingerprint density at radius 2 is 1.73 bits per heavy atom. The number of nitrogens with two attached hydrogens (primary N) is 1. The summed E-state index contributed by atoms with van der Waals surface area (Å²) >= 11 is 0. The zero-order chi connectivity index (χ0) is 30.8. The lowest BCUT2D eigenvalue weighted by Gasteiger charge is -2.33. The molecule has 5 heterocycles. The lowest BCUT2D eigenvalue weighted by Crippen LogP contribution is -2.47. The SMILES string of the molecule is Nc1ncnc2c1c(-c1ccc(Oc3ccccc3)cc1)nn2C1CCN(Cc2ccncc2NC2CCC(=O)NC2=O)CC1. The first-order valence-corrected chi connectivity index (χ1v) is 15.1. The molecule has 1 atom stereocenters. The molecule has 12 nitrogen and oxygen atoms in total. The van der Waals surface area contributed by atoms with Gasteiger partial charge in [0.05, 0.1) is 23.3 Å². The Morgan fingerprint density at radius 1 is 0.956 bits per heavy atom. The maximum absolute atomic E-state index is 12.3. The summed E-state index contributed by atoms with van der Waals surface area (Å²) in [6.45, 7) is 2.42. The van der Waals surface area contributed by atoms with Crippen LogP contribution in [0.5, 0.6) is 11.5 Å². The summed E-state index contributed by atoms with van der Waals surface area (Å²) in [7, 11) is 0. The largest absolute Gasteiger partial charge is 0.457 e. The number of carbonyl (C=O) groups is 2. The Morgan fingerprint density at radius 3 is 2.51 bits per heavy atom. The smallest absolute Gasteiger partial charge is 0.249 e. The van der Waals surface area contributed by atoms with Gasteiger partial charge in [-0.2, -0.15) is 5.10 Å². The third kappa shape index (κ3) is 6.04. The molecule has 0 aliphatic carbocycles. The standard InChI is InChI=1S/C33H33N9O3/c34-31-29-30(21-6-8-25(9-7-21)45-24-4-2-1-3-5-24)40-42(32(29)37-20-36-31)23-13-16-41(17-14-23)19-22-12-15-35-18-27(22)38-26-10-11-28(43)39-33(26)44/h1-9,12,15,18,20,23,26,38H,10-11,13-14,16-17,19H2,(H2,34,36,37)(H,39,43,44). The molecule has 228 valence electrons. The Bertz CT molecular complexity index is 1830. The van der Waals surface area contributed by atoms with Crippen molar-refractivity contribution < 1.29 is 14.3 Å². The third-order valence-corrected chi connectivity index (χ3v) is 8.40. The van der Waals surface area contributed by atoms with Crippen LogP contribution in [0.4, 0.5) is 11.5 Å². The van der Waals surface area contributed by atoms with Crippen LogP contribution in [0.15, 0.2) is 79.4 Å². The molecule has 0 radical (unpaired) electrons. The fourth-order valence-corrected chi connectivity index (χ4v) is 6.03. The van der Waals surface area contributed by atoms with Gasteiger partial charge in [-0.1, -0.05) is 18.2 Å². The van der Waals surface area contributed by atoms with Crippen LogP contribution < -0.4 is 21.1 Å². The molecule has 2 amide bonds. The van der Waals surface area contributed by atoms with Crippen LogP contribution >= 0.6 is 0 Å². The zero-order valence-corrected chi connectivity index (χ0v) is 24.6. The summed E-state index contributed by atoms with van der Waals surface area (Å²) in [4.78, 5) is 39.4. The Hall–Kier alpha value is -5.36. The number of rotatable bonds is 8. The number of imide groups is 1. The van der Waals surface area contributed by atoms with E-state index in [1.807, 2.05) is 65.3 Å². The van der Waals surface area contributed by atoms with Gasteiger partial charge in [0.15, 0.2) is 5.65 Å².